The monoisotopic (exact) mass is 418 g/mol. The van der Waals surface area contributed by atoms with Crippen molar-refractivity contribution in [3.8, 4) is 0 Å². The topological polar surface area (TPSA) is 51.0 Å². The van der Waals surface area contributed by atoms with Gasteiger partial charge in [-0.05, 0) is 48.4 Å². The molecule has 30 heavy (non-hydrogen) atoms. The van der Waals surface area contributed by atoms with Gasteiger partial charge in [0.15, 0.2) is 0 Å². The molecule has 0 fully saturated rings. The standard InChI is InChI=1S/C25H27N3OS/c1-4-17(2)19-10-12-20(13-11-19)25(22-8-6-14-30-22)26-16-21-15-24(29)28-18(3)7-5-9-23(28)27-21/h5-15,17,25-26H,4,16H2,1-3H3/p+1/t17-,25-/m0/s1. The van der Waals surface area contributed by atoms with Crippen LogP contribution in [-0.4, -0.2) is 9.38 Å². The Balaban J connectivity index is 1.61. The molecular weight excluding hydrogens is 390 g/mol. The molecular formula is C25H28N3OS+. The van der Waals surface area contributed by atoms with Gasteiger partial charge in [0.05, 0.1) is 4.88 Å². The SMILES string of the molecule is CC[C@H](C)c1ccc([C@H]([NH2+]Cc2cc(=O)n3c(C)cccc3n2)c2cccs2)cc1. The van der Waals surface area contributed by atoms with Crippen LogP contribution in [0.3, 0.4) is 0 Å². The number of quaternary nitrogens is 1. The molecule has 0 aliphatic carbocycles. The molecule has 0 saturated heterocycles. The van der Waals surface area contributed by atoms with Gasteiger partial charge in [-0.1, -0.05) is 50.2 Å². The number of pyridine rings is 1. The van der Waals surface area contributed by atoms with E-state index in [1.54, 1.807) is 21.8 Å². The highest BCUT2D eigenvalue weighted by Gasteiger charge is 2.20. The van der Waals surface area contributed by atoms with Crippen molar-refractivity contribution in [1.82, 2.24) is 9.38 Å². The summed E-state index contributed by atoms with van der Waals surface area (Å²) in [4.78, 5) is 18.6. The van der Waals surface area contributed by atoms with E-state index in [0.717, 1.165) is 17.8 Å². The maximum atomic E-state index is 12.6. The largest absolute Gasteiger partial charge is 0.331 e. The quantitative estimate of drug-likeness (QED) is 0.483. The molecule has 0 radical (unpaired) electrons. The van der Waals surface area contributed by atoms with Crippen LogP contribution in [0.15, 0.2) is 70.8 Å². The molecule has 1 aromatic carbocycles. The summed E-state index contributed by atoms with van der Waals surface area (Å²) in [5.74, 6) is 0.571. The van der Waals surface area contributed by atoms with Crippen molar-refractivity contribution in [1.29, 1.82) is 0 Å². The lowest BCUT2D eigenvalue weighted by Crippen LogP contribution is -2.84. The zero-order valence-corrected chi connectivity index (χ0v) is 18.5. The van der Waals surface area contributed by atoms with Crippen LogP contribution in [0.4, 0.5) is 0 Å². The molecule has 2 N–H and O–H groups in total. The van der Waals surface area contributed by atoms with Crippen LogP contribution >= 0.6 is 11.3 Å². The summed E-state index contributed by atoms with van der Waals surface area (Å²) in [5, 5.41) is 4.39. The van der Waals surface area contributed by atoms with Gasteiger partial charge < -0.3 is 5.32 Å². The lowest BCUT2D eigenvalue weighted by Gasteiger charge is -2.16. The van der Waals surface area contributed by atoms with Crippen molar-refractivity contribution < 1.29 is 5.32 Å². The zero-order valence-electron chi connectivity index (χ0n) is 17.7. The second kappa shape index (κ2) is 8.94. The maximum absolute atomic E-state index is 12.6. The molecule has 0 bridgehead atoms. The van der Waals surface area contributed by atoms with E-state index >= 15 is 0 Å². The highest BCUT2D eigenvalue weighted by Crippen LogP contribution is 2.25. The average Bonchev–Trinajstić information content (AvgIpc) is 3.28. The van der Waals surface area contributed by atoms with Crippen molar-refractivity contribution in [3.63, 3.8) is 0 Å². The lowest BCUT2D eigenvalue weighted by molar-refractivity contribution is -0.702. The van der Waals surface area contributed by atoms with E-state index in [-0.39, 0.29) is 11.6 Å². The molecule has 4 aromatic rings. The van der Waals surface area contributed by atoms with Crippen LogP contribution in [0.1, 0.15) is 59.6 Å². The first-order chi connectivity index (χ1) is 14.6. The molecule has 3 heterocycles. The minimum absolute atomic E-state index is 0.0212. The fourth-order valence-corrected chi connectivity index (χ4v) is 4.71. The normalized spacial score (nSPS) is 13.4. The Hall–Kier alpha value is -2.76. The molecule has 5 heteroatoms. The van der Waals surface area contributed by atoms with Crippen LogP contribution in [0.2, 0.25) is 0 Å². The van der Waals surface area contributed by atoms with Crippen LogP contribution < -0.4 is 10.9 Å². The number of aromatic nitrogens is 2. The van der Waals surface area contributed by atoms with E-state index < -0.39 is 0 Å². The summed E-state index contributed by atoms with van der Waals surface area (Å²) in [6, 6.07) is 20.9. The molecule has 3 aromatic heterocycles. The van der Waals surface area contributed by atoms with Crippen molar-refractivity contribution >= 4 is 17.0 Å². The summed E-state index contributed by atoms with van der Waals surface area (Å²) in [6.45, 7) is 7.07. The van der Waals surface area contributed by atoms with Crippen LogP contribution in [-0.2, 0) is 6.54 Å². The molecule has 0 saturated carbocycles. The number of rotatable bonds is 7. The molecule has 4 rings (SSSR count). The van der Waals surface area contributed by atoms with E-state index in [1.807, 2.05) is 25.1 Å². The summed E-state index contributed by atoms with van der Waals surface area (Å²) in [7, 11) is 0. The third kappa shape index (κ3) is 4.23. The zero-order chi connectivity index (χ0) is 21.1. The smallest absolute Gasteiger partial charge is 0.258 e. The first kappa shape index (κ1) is 20.5. The number of hydrogen-bond acceptors (Lipinski definition) is 3. The number of nitrogens with zero attached hydrogens (tertiary/aromatic N) is 2. The first-order valence-electron chi connectivity index (χ1n) is 10.5. The van der Waals surface area contributed by atoms with Gasteiger partial charge in [-0.3, -0.25) is 9.20 Å². The van der Waals surface area contributed by atoms with Gasteiger partial charge in [0.2, 0.25) is 0 Å². The van der Waals surface area contributed by atoms with E-state index in [9.17, 15) is 4.79 Å². The van der Waals surface area contributed by atoms with Gasteiger partial charge >= 0.3 is 0 Å². The number of aryl methyl sites for hydroxylation is 1. The molecule has 0 aliphatic rings. The van der Waals surface area contributed by atoms with Gasteiger partial charge in [-0.2, -0.15) is 0 Å². The highest BCUT2D eigenvalue weighted by molar-refractivity contribution is 7.10. The average molecular weight is 419 g/mol. The number of nitrogens with two attached hydrogens (primary N) is 1. The molecule has 0 aliphatic heterocycles. The fraction of sp³-hybridized carbons (Fsp3) is 0.280. The maximum Gasteiger partial charge on any atom is 0.258 e. The second-order valence-electron chi connectivity index (χ2n) is 7.86. The highest BCUT2D eigenvalue weighted by atomic mass is 32.1. The number of thiophene rings is 1. The van der Waals surface area contributed by atoms with Crippen molar-refractivity contribution in [2.75, 3.05) is 0 Å². The summed E-state index contributed by atoms with van der Waals surface area (Å²) in [5.41, 5.74) is 5.05. The van der Waals surface area contributed by atoms with Crippen molar-refractivity contribution in [3.05, 3.63) is 104 Å². The summed E-state index contributed by atoms with van der Waals surface area (Å²) >= 11 is 1.77. The minimum atomic E-state index is -0.0212. The Kier molecular flexibility index (Phi) is 6.11. The number of fused-ring (bicyclic) bond motifs is 1. The Labute approximate surface area is 181 Å². The van der Waals surface area contributed by atoms with E-state index in [0.29, 0.717) is 18.1 Å². The Bertz CT molecular complexity index is 1180. The van der Waals surface area contributed by atoms with Gasteiger partial charge in [-0.25, -0.2) is 4.98 Å². The number of hydrogen-bond donors (Lipinski definition) is 1. The van der Waals surface area contributed by atoms with Gasteiger partial charge in [0.25, 0.3) is 5.56 Å². The molecule has 154 valence electrons. The predicted octanol–water partition coefficient (Wildman–Crippen LogP) is 4.43. The summed E-state index contributed by atoms with van der Waals surface area (Å²) in [6.07, 6.45) is 1.14. The van der Waals surface area contributed by atoms with Crippen molar-refractivity contribution in [2.24, 2.45) is 0 Å². The third-order valence-electron chi connectivity index (χ3n) is 5.82. The lowest BCUT2D eigenvalue weighted by atomic mass is 9.95. The van der Waals surface area contributed by atoms with Crippen molar-refractivity contribution in [2.45, 2.75) is 45.7 Å². The molecule has 0 spiro atoms. The van der Waals surface area contributed by atoms with E-state index in [1.165, 1.54) is 16.0 Å². The first-order valence-corrected chi connectivity index (χ1v) is 11.4. The Morgan fingerprint density at radius 1 is 1.07 bits per heavy atom. The molecule has 2 atom stereocenters. The molecule has 0 unspecified atom stereocenters. The van der Waals surface area contributed by atoms with E-state index in [2.05, 4.69) is 60.9 Å². The van der Waals surface area contributed by atoms with Crippen LogP contribution in [0.25, 0.3) is 5.65 Å². The molecule has 0 amide bonds. The Morgan fingerprint density at radius 3 is 2.53 bits per heavy atom. The van der Waals surface area contributed by atoms with Gasteiger partial charge in [0, 0.05) is 17.3 Å². The van der Waals surface area contributed by atoms with Gasteiger partial charge in [-0.15, -0.1) is 11.3 Å². The van der Waals surface area contributed by atoms with Gasteiger partial charge in [0.1, 0.15) is 23.9 Å². The predicted molar refractivity (Wildman–Crippen MR) is 123 cm³/mol. The van der Waals surface area contributed by atoms with E-state index in [4.69, 9.17) is 4.98 Å². The minimum Gasteiger partial charge on any atom is -0.331 e. The fourth-order valence-electron chi connectivity index (χ4n) is 3.86. The van der Waals surface area contributed by atoms with Crippen LogP contribution in [0.5, 0.6) is 0 Å². The number of benzene rings is 1. The van der Waals surface area contributed by atoms with Crippen LogP contribution in [0, 0.1) is 6.92 Å². The summed E-state index contributed by atoms with van der Waals surface area (Å²) < 4.78 is 1.66. The Morgan fingerprint density at radius 2 is 1.83 bits per heavy atom. The second-order valence-corrected chi connectivity index (χ2v) is 8.83. The third-order valence-corrected chi connectivity index (χ3v) is 6.78. The molecule has 4 nitrogen and oxygen atoms in total.